The quantitative estimate of drug-likeness (QED) is 0.625. The zero-order valence-corrected chi connectivity index (χ0v) is 18.2. The Kier molecular flexibility index (Phi) is 6.21. The molecule has 0 spiro atoms. The van der Waals surface area contributed by atoms with E-state index in [1.165, 1.54) is 12.8 Å². The molecule has 1 unspecified atom stereocenters. The highest BCUT2D eigenvalue weighted by Gasteiger charge is 2.27. The fourth-order valence-electron chi connectivity index (χ4n) is 4.30. The predicted molar refractivity (Wildman–Crippen MR) is 120 cm³/mol. The molecule has 1 amide bonds. The number of hydrogen-bond donors (Lipinski definition) is 1. The SMILES string of the molecule is Cc1nn(-c2ccccc2)c(C)c1C(=O)NCC(c1ccccc1Cl)N1CCCC1. The summed E-state index contributed by atoms with van der Waals surface area (Å²) in [7, 11) is 0. The number of amides is 1. The van der Waals surface area contributed by atoms with Crippen molar-refractivity contribution in [2.75, 3.05) is 19.6 Å². The van der Waals surface area contributed by atoms with E-state index in [0.717, 1.165) is 40.8 Å². The summed E-state index contributed by atoms with van der Waals surface area (Å²) in [5, 5.41) is 8.50. The maximum Gasteiger partial charge on any atom is 0.255 e. The van der Waals surface area contributed by atoms with Crippen LogP contribution in [0.25, 0.3) is 5.69 Å². The molecule has 0 bridgehead atoms. The molecular formula is C24H27ClN4O. The van der Waals surface area contributed by atoms with Crippen molar-refractivity contribution in [1.82, 2.24) is 20.0 Å². The number of rotatable bonds is 6. The Bertz CT molecular complexity index is 1020. The fourth-order valence-corrected chi connectivity index (χ4v) is 4.57. The first-order chi connectivity index (χ1) is 14.6. The molecule has 4 rings (SSSR count). The summed E-state index contributed by atoms with van der Waals surface area (Å²) in [5.41, 5.74) is 4.21. The molecule has 1 fully saturated rings. The smallest absolute Gasteiger partial charge is 0.255 e. The van der Waals surface area contributed by atoms with E-state index in [4.69, 9.17) is 11.6 Å². The average Bonchev–Trinajstić information content (AvgIpc) is 3.38. The summed E-state index contributed by atoms with van der Waals surface area (Å²) >= 11 is 6.50. The number of carbonyl (C=O) groups excluding carboxylic acids is 1. The Labute approximate surface area is 182 Å². The first-order valence-electron chi connectivity index (χ1n) is 10.4. The van der Waals surface area contributed by atoms with Crippen molar-refractivity contribution in [2.24, 2.45) is 0 Å². The number of aromatic nitrogens is 2. The van der Waals surface area contributed by atoms with Crippen molar-refractivity contribution < 1.29 is 4.79 Å². The van der Waals surface area contributed by atoms with E-state index in [1.54, 1.807) is 0 Å². The Hall–Kier alpha value is -2.63. The first kappa shape index (κ1) is 20.6. The van der Waals surface area contributed by atoms with Crippen molar-refractivity contribution in [3.63, 3.8) is 0 Å². The number of hydrogen-bond acceptors (Lipinski definition) is 3. The van der Waals surface area contributed by atoms with Gasteiger partial charge in [-0.1, -0.05) is 48.0 Å². The maximum atomic E-state index is 13.2. The van der Waals surface area contributed by atoms with Crippen LogP contribution in [0.2, 0.25) is 5.02 Å². The average molecular weight is 423 g/mol. The number of para-hydroxylation sites is 1. The zero-order chi connectivity index (χ0) is 21.1. The monoisotopic (exact) mass is 422 g/mol. The Morgan fingerprint density at radius 3 is 2.43 bits per heavy atom. The molecule has 0 saturated carbocycles. The largest absolute Gasteiger partial charge is 0.350 e. The van der Waals surface area contributed by atoms with Gasteiger partial charge in [-0.3, -0.25) is 9.69 Å². The van der Waals surface area contributed by atoms with Crippen LogP contribution in [0.1, 0.15) is 46.2 Å². The van der Waals surface area contributed by atoms with Gasteiger partial charge in [-0.2, -0.15) is 5.10 Å². The van der Waals surface area contributed by atoms with Gasteiger partial charge in [0, 0.05) is 11.6 Å². The van der Waals surface area contributed by atoms with Crippen LogP contribution >= 0.6 is 11.6 Å². The molecule has 2 aromatic carbocycles. The van der Waals surface area contributed by atoms with Crippen LogP contribution in [0.5, 0.6) is 0 Å². The van der Waals surface area contributed by atoms with E-state index >= 15 is 0 Å². The third kappa shape index (κ3) is 4.13. The molecule has 5 nitrogen and oxygen atoms in total. The minimum absolute atomic E-state index is 0.0648. The molecule has 6 heteroatoms. The molecule has 3 aromatic rings. The van der Waals surface area contributed by atoms with Crippen LogP contribution < -0.4 is 5.32 Å². The molecule has 156 valence electrons. The summed E-state index contributed by atoms with van der Waals surface area (Å²) in [5.74, 6) is -0.0940. The lowest BCUT2D eigenvalue weighted by molar-refractivity contribution is 0.0936. The molecule has 1 aliphatic rings. The number of nitrogens with one attached hydrogen (secondary N) is 1. The molecule has 0 radical (unpaired) electrons. The number of likely N-dealkylation sites (tertiary alicyclic amines) is 1. The number of halogens is 1. The van der Waals surface area contributed by atoms with E-state index in [1.807, 2.05) is 67.1 Å². The maximum absolute atomic E-state index is 13.2. The lowest BCUT2D eigenvalue weighted by Gasteiger charge is -2.29. The van der Waals surface area contributed by atoms with Crippen molar-refractivity contribution in [1.29, 1.82) is 0 Å². The van der Waals surface area contributed by atoms with Gasteiger partial charge in [0.05, 0.1) is 28.7 Å². The topological polar surface area (TPSA) is 50.2 Å². The number of carbonyl (C=O) groups is 1. The fraction of sp³-hybridized carbons (Fsp3) is 0.333. The van der Waals surface area contributed by atoms with E-state index in [2.05, 4.69) is 21.4 Å². The van der Waals surface area contributed by atoms with Gasteiger partial charge >= 0.3 is 0 Å². The lowest BCUT2D eigenvalue weighted by Crippen LogP contribution is -2.37. The molecule has 1 N–H and O–H groups in total. The van der Waals surface area contributed by atoms with E-state index in [0.29, 0.717) is 12.1 Å². The van der Waals surface area contributed by atoms with Crippen molar-refractivity contribution in [3.8, 4) is 5.69 Å². The van der Waals surface area contributed by atoms with Gasteiger partial charge in [-0.25, -0.2) is 4.68 Å². The van der Waals surface area contributed by atoms with E-state index in [-0.39, 0.29) is 11.9 Å². The van der Waals surface area contributed by atoms with Crippen LogP contribution in [0.3, 0.4) is 0 Å². The minimum atomic E-state index is -0.0940. The summed E-state index contributed by atoms with van der Waals surface area (Å²) in [6.07, 6.45) is 2.36. The Morgan fingerprint density at radius 1 is 1.07 bits per heavy atom. The van der Waals surface area contributed by atoms with Gasteiger partial charge in [-0.05, 0) is 63.5 Å². The summed E-state index contributed by atoms with van der Waals surface area (Å²) in [6, 6.07) is 17.9. The Morgan fingerprint density at radius 2 is 1.73 bits per heavy atom. The van der Waals surface area contributed by atoms with Crippen molar-refractivity contribution in [3.05, 3.63) is 82.1 Å². The molecule has 2 heterocycles. The lowest BCUT2D eigenvalue weighted by atomic mass is 10.0. The number of benzene rings is 2. The van der Waals surface area contributed by atoms with E-state index in [9.17, 15) is 4.79 Å². The van der Waals surface area contributed by atoms with Gasteiger partial charge in [-0.15, -0.1) is 0 Å². The Balaban J connectivity index is 1.56. The van der Waals surface area contributed by atoms with Gasteiger partial charge in [0.25, 0.3) is 5.91 Å². The molecule has 1 saturated heterocycles. The van der Waals surface area contributed by atoms with Crippen molar-refractivity contribution >= 4 is 17.5 Å². The highest BCUT2D eigenvalue weighted by molar-refractivity contribution is 6.31. The summed E-state index contributed by atoms with van der Waals surface area (Å²) < 4.78 is 1.83. The van der Waals surface area contributed by atoms with Gasteiger partial charge in [0.1, 0.15) is 0 Å². The molecule has 1 aromatic heterocycles. The molecule has 0 aliphatic carbocycles. The van der Waals surface area contributed by atoms with Gasteiger partial charge < -0.3 is 5.32 Å². The second kappa shape index (κ2) is 9.02. The predicted octanol–water partition coefficient (Wildman–Crippen LogP) is 4.71. The van der Waals surface area contributed by atoms with Gasteiger partial charge in [0.2, 0.25) is 0 Å². The van der Waals surface area contributed by atoms with Gasteiger partial charge in [0.15, 0.2) is 0 Å². The minimum Gasteiger partial charge on any atom is -0.350 e. The standard InChI is InChI=1S/C24H27ClN4O/c1-17-23(18(2)29(27-17)19-10-4-3-5-11-19)24(30)26-16-22(28-14-8-9-15-28)20-12-6-7-13-21(20)25/h3-7,10-13,22H,8-9,14-16H2,1-2H3,(H,26,30). The molecule has 1 aliphatic heterocycles. The normalized spacial score (nSPS) is 15.3. The third-order valence-electron chi connectivity index (χ3n) is 5.82. The highest BCUT2D eigenvalue weighted by Crippen LogP contribution is 2.30. The van der Waals surface area contributed by atoms with Crippen LogP contribution in [0, 0.1) is 13.8 Å². The van der Waals surface area contributed by atoms with E-state index < -0.39 is 0 Å². The molecule has 1 atom stereocenters. The highest BCUT2D eigenvalue weighted by atomic mass is 35.5. The third-order valence-corrected chi connectivity index (χ3v) is 6.16. The zero-order valence-electron chi connectivity index (χ0n) is 17.4. The summed E-state index contributed by atoms with van der Waals surface area (Å²) in [6.45, 7) is 6.38. The second-order valence-electron chi connectivity index (χ2n) is 7.78. The molecular weight excluding hydrogens is 396 g/mol. The molecule has 30 heavy (non-hydrogen) atoms. The van der Waals surface area contributed by atoms with Crippen LogP contribution in [0.4, 0.5) is 0 Å². The van der Waals surface area contributed by atoms with Crippen LogP contribution in [-0.2, 0) is 0 Å². The van der Waals surface area contributed by atoms with Crippen LogP contribution in [-0.4, -0.2) is 40.2 Å². The van der Waals surface area contributed by atoms with Crippen molar-refractivity contribution in [2.45, 2.75) is 32.7 Å². The first-order valence-corrected chi connectivity index (χ1v) is 10.8. The van der Waals surface area contributed by atoms with Crippen LogP contribution in [0.15, 0.2) is 54.6 Å². The number of nitrogens with zero attached hydrogens (tertiary/aromatic N) is 3. The summed E-state index contributed by atoms with van der Waals surface area (Å²) in [4.78, 5) is 15.6. The second-order valence-corrected chi connectivity index (χ2v) is 8.19. The number of aryl methyl sites for hydroxylation is 1.